The lowest BCUT2D eigenvalue weighted by Gasteiger charge is -2.48. The Morgan fingerprint density at radius 2 is 2.18 bits per heavy atom. The van der Waals surface area contributed by atoms with Crippen LogP contribution in [0.25, 0.3) is 0 Å². The molecule has 1 saturated carbocycles. The summed E-state index contributed by atoms with van der Waals surface area (Å²) >= 11 is 1.86. The third kappa shape index (κ3) is 2.48. The van der Waals surface area contributed by atoms with Crippen LogP contribution in [-0.4, -0.2) is 36.7 Å². The number of esters is 1. The molecule has 1 aliphatic carbocycles. The Morgan fingerprint density at radius 1 is 1.47 bits per heavy atom. The van der Waals surface area contributed by atoms with E-state index in [1.807, 2.05) is 11.8 Å². The first kappa shape index (κ1) is 13.2. The predicted molar refractivity (Wildman–Crippen MR) is 71.2 cm³/mol. The highest BCUT2D eigenvalue weighted by atomic mass is 32.2. The van der Waals surface area contributed by atoms with Crippen LogP contribution in [0.3, 0.4) is 0 Å². The molecule has 3 nitrogen and oxygen atoms in total. The maximum atomic E-state index is 12.2. The van der Waals surface area contributed by atoms with Crippen molar-refractivity contribution in [2.24, 2.45) is 11.3 Å². The number of ether oxygens (including phenoxy) is 1. The van der Waals surface area contributed by atoms with Gasteiger partial charge in [0.25, 0.3) is 0 Å². The Hall–Kier alpha value is -0.220. The molecule has 1 heterocycles. The van der Waals surface area contributed by atoms with Gasteiger partial charge in [-0.2, -0.15) is 11.8 Å². The third-order valence-electron chi connectivity index (χ3n) is 4.27. The van der Waals surface area contributed by atoms with Crippen molar-refractivity contribution in [3.63, 3.8) is 0 Å². The van der Waals surface area contributed by atoms with Crippen LogP contribution in [0.1, 0.15) is 33.1 Å². The lowest BCUT2D eigenvalue weighted by molar-refractivity contribution is -0.153. The summed E-state index contributed by atoms with van der Waals surface area (Å²) in [6.45, 7) is 5.33. The van der Waals surface area contributed by atoms with Gasteiger partial charge < -0.3 is 10.1 Å². The highest BCUT2D eigenvalue weighted by Crippen LogP contribution is 2.43. The predicted octanol–water partition coefficient (Wildman–Crippen LogP) is 2.06. The Kier molecular flexibility index (Phi) is 3.74. The summed E-state index contributed by atoms with van der Waals surface area (Å²) in [5.74, 6) is 2.66. The zero-order valence-electron chi connectivity index (χ0n) is 11.0. The number of hydrogen-bond donors (Lipinski definition) is 1. The molecular weight excluding hydrogens is 234 g/mol. The summed E-state index contributed by atoms with van der Waals surface area (Å²) in [6.07, 6.45) is 3.67. The molecule has 1 unspecified atom stereocenters. The Balaban J connectivity index is 2.16. The molecule has 0 spiro atoms. The van der Waals surface area contributed by atoms with E-state index in [9.17, 15) is 4.79 Å². The van der Waals surface area contributed by atoms with Crippen LogP contribution < -0.4 is 5.32 Å². The van der Waals surface area contributed by atoms with Crippen molar-refractivity contribution in [1.29, 1.82) is 0 Å². The van der Waals surface area contributed by atoms with Crippen LogP contribution in [0.5, 0.6) is 0 Å². The minimum Gasteiger partial charge on any atom is -0.468 e. The van der Waals surface area contributed by atoms with E-state index in [-0.39, 0.29) is 11.4 Å². The summed E-state index contributed by atoms with van der Waals surface area (Å²) in [5, 5.41) is 3.54. The highest BCUT2D eigenvalue weighted by molar-refractivity contribution is 7.99. The van der Waals surface area contributed by atoms with Gasteiger partial charge in [-0.15, -0.1) is 0 Å². The molecule has 1 atom stereocenters. The van der Waals surface area contributed by atoms with Crippen LogP contribution in [0.4, 0.5) is 0 Å². The van der Waals surface area contributed by atoms with E-state index in [0.29, 0.717) is 0 Å². The van der Waals surface area contributed by atoms with Gasteiger partial charge in [0.1, 0.15) is 5.54 Å². The van der Waals surface area contributed by atoms with Gasteiger partial charge in [-0.25, -0.2) is 0 Å². The van der Waals surface area contributed by atoms with Crippen LogP contribution in [-0.2, 0) is 9.53 Å². The van der Waals surface area contributed by atoms with Gasteiger partial charge in [0.15, 0.2) is 0 Å². The lowest BCUT2D eigenvalue weighted by Crippen LogP contribution is -2.65. The lowest BCUT2D eigenvalue weighted by atomic mass is 9.70. The molecule has 2 rings (SSSR count). The number of nitrogens with one attached hydrogen (secondary N) is 1. The standard InChI is InChI=1S/C13H23NO2S/c1-12(2)6-7-17-9-13(12,11(15)16-3)14-8-10-4-5-10/h10,14H,4-9H2,1-3H3. The summed E-state index contributed by atoms with van der Waals surface area (Å²) in [4.78, 5) is 12.2. The molecule has 1 aliphatic heterocycles. The Morgan fingerprint density at radius 3 is 2.71 bits per heavy atom. The first-order chi connectivity index (χ1) is 8.02. The minimum absolute atomic E-state index is 0.0275. The summed E-state index contributed by atoms with van der Waals surface area (Å²) < 4.78 is 5.07. The van der Waals surface area contributed by atoms with E-state index in [4.69, 9.17) is 4.74 Å². The molecule has 4 heteroatoms. The number of methoxy groups -OCH3 is 1. The second-order valence-electron chi connectivity index (χ2n) is 5.91. The topological polar surface area (TPSA) is 38.3 Å². The fourth-order valence-corrected chi connectivity index (χ4v) is 4.19. The molecule has 2 fully saturated rings. The first-order valence-corrected chi connectivity index (χ1v) is 7.58. The maximum Gasteiger partial charge on any atom is 0.327 e. The van der Waals surface area contributed by atoms with E-state index in [2.05, 4.69) is 19.2 Å². The molecule has 0 radical (unpaired) electrons. The minimum atomic E-state index is -0.493. The van der Waals surface area contributed by atoms with Crippen LogP contribution in [0.15, 0.2) is 0 Å². The van der Waals surface area contributed by atoms with Crippen LogP contribution in [0, 0.1) is 11.3 Å². The zero-order chi connectivity index (χ0) is 12.5. The second kappa shape index (κ2) is 4.81. The fourth-order valence-electron chi connectivity index (χ4n) is 2.47. The van der Waals surface area contributed by atoms with Crippen LogP contribution in [0.2, 0.25) is 0 Å². The van der Waals surface area contributed by atoms with Crippen molar-refractivity contribution >= 4 is 17.7 Å². The van der Waals surface area contributed by atoms with E-state index < -0.39 is 5.54 Å². The van der Waals surface area contributed by atoms with Gasteiger partial charge >= 0.3 is 5.97 Å². The van der Waals surface area contributed by atoms with E-state index >= 15 is 0 Å². The van der Waals surface area contributed by atoms with Gasteiger partial charge in [-0.3, -0.25) is 4.79 Å². The third-order valence-corrected chi connectivity index (χ3v) is 5.40. The van der Waals surface area contributed by atoms with Crippen LogP contribution >= 0.6 is 11.8 Å². The average molecular weight is 257 g/mol. The summed E-state index contributed by atoms with van der Waals surface area (Å²) in [7, 11) is 1.50. The second-order valence-corrected chi connectivity index (χ2v) is 7.01. The van der Waals surface area contributed by atoms with Crippen molar-refractivity contribution in [1.82, 2.24) is 5.32 Å². The molecule has 0 bridgehead atoms. The number of carbonyl (C=O) groups is 1. The highest BCUT2D eigenvalue weighted by Gasteiger charge is 2.53. The summed E-state index contributed by atoms with van der Waals surface area (Å²) in [5.41, 5.74) is -0.520. The zero-order valence-corrected chi connectivity index (χ0v) is 11.9. The van der Waals surface area contributed by atoms with Crippen molar-refractivity contribution in [2.75, 3.05) is 25.2 Å². The van der Waals surface area contributed by atoms with Crippen molar-refractivity contribution < 1.29 is 9.53 Å². The van der Waals surface area contributed by atoms with E-state index in [1.165, 1.54) is 20.0 Å². The number of hydrogen-bond acceptors (Lipinski definition) is 4. The quantitative estimate of drug-likeness (QED) is 0.782. The normalized spacial score (nSPS) is 32.2. The van der Waals surface area contributed by atoms with Gasteiger partial charge in [0.2, 0.25) is 0 Å². The smallest absolute Gasteiger partial charge is 0.327 e. The maximum absolute atomic E-state index is 12.2. The van der Waals surface area contributed by atoms with Crippen molar-refractivity contribution in [3.05, 3.63) is 0 Å². The van der Waals surface area contributed by atoms with E-state index in [1.54, 1.807) is 0 Å². The number of thioether (sulfide) groups is 1. The first-order valence-electron chi connectivity index (χ1n) is 6.43. The molecular formula is C13H23NO2S. The fraction of sp³-hybridized carbons (Fsp3) is 0.923. The van der Waals surface area contributed by atoms with E-state index in [0.717, 1.165) is 30.4 Å². The molecule has 0 amide bonds. The Bertz CT molecular complexity index is 302. The molecule has 17 heavy (non-hydrogen) atoms. The SMILES string of the molecule is COC(=O)C1(NCC2CC2)CSCCC1(C)C. The van der Waals surface area contributed by atoms with Gasteiger partial charge in [0, 0.05) is 5.75 Å². The number of carbonyl (C=O) groups excluding carboxylic acids is 1. The molecule has 0 aromatic carbocycles. The van der Waals surface area contributed by atoms with Gasteiger partial charge in [-0.1, -0.05) is 13.8 Å². The molecule has 0 aromatic heterocycles. The Labute approximate surface area is 108 Å². The molecule has 1 N–H and O–H groups in total. The average Bonchev–Trinajstić information content (AvgIpc) is 3.10. The van der Waals surface area contributed by atoms with Gasteiger partial charge in [0.05, 0.1) is 7.11 Å². The molecule has 98 valence electrons. The summed E-state index contributed by atoms with van der Waals surface area (Å²) in [6, 6.07) is 0. The largest absolute Gasteiger partial charge is 0.468 e. The molecule has 0 aromatic rings. The monoisotopic (exact) mass is 257 g/mol. The number of rotatable bonds is 4. The molecule has 1 saturated heterocycles. The van der Waals surface area contributed by atoms with Crippen molar-refractivity contribution in [3.8, 4) is 0 Å². The molecule has 2 aliphatic rings. The van der Waals surface area contributed by atoms with Crippen molar-refractivity contribution in [2.45, 2.75) is 38.6 Å². The van der Waals surface area contributed by atoms with Gasteiger partial charge in [-0.05, 0) is 42.9 Å².